The van der Waals surface area contributed by atoms with E-state index in [0.29, 0.717) is 0 Å². The number of rotatable bonds is 4. The van der Waals surface area contributed by atoms with Gasteiger partial charge in [-0.05, 0) is 62.7 Å². The van der Waals surface area contributed by atoms with E-state index in [1.165, 1.54) is 5.56 Å². The Bertz CT molecular complexity index is 549. The minimum Gasteiger partial charge on any atom is -0.491 e. The molecule has 0 heterocycles. The third-order valence-electron chi connectivity index (χ3n) is 2.59. The van der Waals surface area contributed by atoms with Crippen molar-refractivity contribution in [2.75, 3.05) is 5.73 Å². The number of hydrogen-bond acceptors (Lipinski definition) is 3. The Kier molecular flexibility index (Phi) is 4.38. The van der Waals surface area contributed by atoms with Crippen LogP contribution in [0, 0.1) is 6.92 Å². The highest BCUT2D eigenvalue weighted by molar-refractivity contribution is 7.99. The Morgan fingerprint density at radius 1 is 1.05 bits per heavy atom. The Morgan fingerprint density at radius 3 is 2.32 bits per heavy atom. The fourth-order valence-electron chi connectivity index (χ4n) is 1.75. The minimum atomic E-state index is 0.200. The van der Waals surface area contributed by atoms with E-state index in [2.05, 4.69) is 24.3 Å². The topological polar surface area (TPSA) is 35.2 Å². The summed E-state index contributed by atoms with van der Waals surface area (Å²) in [7, 11) is 0. The highest BCUT2D eigenvalue weighted by Crippen LogP contribution is 2.33. The van der Waals surface area contributed by atoms with E-state index in [-0.39, 0.29) is 6.10 Å². The van der Waals surface area contributed by atoms with E-state index in [1.54, 1.807) is 11.8 Å². The molecule has 19 heavy (non-hydrogen) atoms. The van der Waals surface area contributed by atoms with Gasteiger partial charge in [-0.1, -0.05) is 17.8 Å². The third kappa shape index (κ3) is 3.93. The molecule has 0 aromatic heterocycles. The van der Waals surface area contributed by atoms with E-state index >= 15 is 0 Å². The van der Waals surface area contributed by atoms with Crippen molar-refractivity contribution < 1.29 is 4.74 Å². The average Bonchev–Trinajstić information content (AvgIpc) is 2.34. The van der Waals surface area contributed by atoms with Gasteiger partial charge in [0.05, 0.1) is 6.10 Å². The van der Waals surface area contributed by atoms with Crippen molar-refractivity contribution in [1.29, 1.82) is 0 Å². The summed E-state index contributed by atoms with van der Waals surface area (Å²) in [6, 6.07) is 14.2. The molecule has 0 radical (unpaired) electrons. The summed E-state index contributed by atoms with van der Waals surface area (Å²) in [5.41, 5.74) is 8.03. The van der Waals surface area contributed by atoms with Gasteiger partial charge in [-0.3, -0.25) is 0 Å². The van der Waals surface area contributed by atoms with Crippen molar-refractivity contribution in [3.63, 3.8) is 0 Å². The Balaban J connectivity index is 2.10. The number of nitrogen functional groups attached to an aromatic ring is 1. The van der Waals surface area contributed by atoms with Gasteiger partial charge < -0.3 is 10.5 Å². The second kappa shape index (κ2) is 6.02. The molecule has 2 N–H and O–H groups in total. The molecule has 2 aromatic rings. The number of anilines is 1. The van der Waals surface area contributed by atoms with Crippen molar-refractivity contribution in [3.05, 3.63) is 48.0 Å². The quantitative estimate of drug-likeness (QED) is 0.832. The van der Waals surface area contributed by atoms with Crippen molar-refractivity contribution >= 4 is 17.4 Å². The molecule has 2 nitrogen and oxygen atoms in total. The highest BCUT2D eigenvalue weighted by Gasteiger charge is 2.03. The fraction of sp³-hybridized carbons (Fsp3) is 0.250. The maximum Gasteiger partial charge on any atom is 0.119 e. The van der Waals surface area contributed by atoms with Gasteiger partial charge in [0.2, 0.25) is 0 Å². The minimum absolute atomic E-state index is 0.200. The summed E-state index contributed by atoms with van der Waals surface area (Å²) in [5.74, 6) is 0.899. The van der Waals surface area contributed by atoms with E-state index in [4.69, 9.17) is 10.5 Å². The van der Waals surface area contributed by atoms with Crippen molar-refractivity contribution in [2.45, 2.75) is 36.7 Å². The molecule has 0 unspecified atom stereocenters. The van der Waals surface area contributed by atoms with Crippen molar-refractivity contribution in [1.82, 2.24) is 0 Å². The van der Waals surface area contributed by atoms with Gasteiger partial charge in [0, 0.05) is 15.5 Å². The predicted molar refractivity (Wildman–Crippen MR) is 81.9 cm³/mol. The Labute approximate surface area is 119 Å². The van der Waals surface area contributed by atoms with Crippen LogP contribution in [0.15, 0.2) is 52.3 Å². The largest absolute Gasteiger partial charge is 0.491 e. The molecule has 0 bridgehead atoms. The predicted octanol–water partition coefficient (Wildman–Crippen LogP) is 4.52. The van der Waals surface area contributed by atoms with Crippen molar-refractivity contribution in [2.24, 2.45) is 0 Å². The van der Waals surface area contributed by atoms with Gasteiger partial charge in [0.25, 0.3) is 0 Å². The third-order valence-corrected chi connectivity index (χ3v) is 3.69. The van der Waals surface area contributed by atoms with Crippen LogP contribution in [0.2, 0.25) is 0 Å². The molecular weight excluding hydrogens is 254 g/mol. The highest BCUT2D eigenvalue weighted by atomic mass is 32.2. The van der Waals surface area contributed by atoms with E-state index in [9.17, 15) is 0 Å². The zero-order valence-corrected chi connectivity index (χ0v) is 12.3. The first kappa shape index (κ1) is 13.8. The lowest BCUT2D eigenvalue weighted by molar-refractivity contribution is 0.242. The second-order valence-electron chi connectivity index (χ2n) is 4.78. The Morgan fingerprint density at radius 2 is 1.74 bits per heavy atom. The van der Waals surface area contributed by atoms with Crippen LogP contribution in [-0.4, -0.2) is 6.10 Å². The first-order valence-electron chi connectivity index (χ1n) is 6.35. The lowest BCUT2D eigenvalue weighted by Gasteiger charge is -2.10. The molecule has 100 valence electrons. The molecule has 0 aliphatic heterocycles. The van der Waals surface area contributed by atoms with Gasteiger partial charge >= 0.3 is 0 Å². The standard InChI is InChI=1S/C16H19NOS/c1-11(2)18-13-5-7-14(8-6-13)19-16-9-4-12(3)10-15(16)17/h4-11H,17H2,1-3H3. The number of benzene rings is 2. The van der Waals surface area contributed by atoms with Gasteiger partial charge in [-0.2, -0.15) is 0 Å². The van der Waals surface area contributed by atoms with Crippen LogP contribution in [0.4, 0.5) is 5.69 Å². The molecule has 0 fully saturated rings. The van der Waals surface area contributed by atoms with Gasteiger partial charge in [0.1, 0.15) is 5.75 Å². The number of hydrogen-bond donors (Lipinski definition) is 1. The van der Waals surface area contributed by atoms with Gasteiger partial charge in [-0.25, -0.2) is 0 Å². The smallest absolute Gasteiger partial charge is 0.119 e. The number of nitrogens with two attached hydrogens (primary N) is 1. The van der Waals surface area contributed by atoms with Gasteiger partial charge in [0.15, 0.2) is 0 Å². The molecule has 0 atom stereocenters. The van der Waals surface area contributed by atoms with Crippen LogP contribution < -0.4 is 10.5 Å². The molecule has 0 saturated carbocycles. The summed E-state index contributed by atoms with van der Waals surface area (Å²) in [4.78, 5) is 2.25. The molecule has 2 aromatic carbocycles. The first-order valence-corrected chi connectivity index (χ1v) is 7.17. The second-order valence-corrected chi connectivity index (χ2v) is 5.90. The normalized spacial score (nSPS) is 10.7. The average molecular weight is 273 g/mol. The molecular formula is C16H19NOS. The van der Waals surface area contributed by atoms with Crippen LogP contribution in [0.25, 0.3) is 0 Å². The molecule has 2 rings (SSSR count). The van der Waals surface area contributed by atoms with Gasteiger partial charge in [-0.15, -0.1) is 0 Å². The first-order chi connectivity index (χ1) is 9.04. The monoisotopic (exact) mass is 273 g/mol. The molecule has 0 aliphatic carbocycles. The summed E-state index contributed by atoms with van der Waals surface area (Å²) in [6.07, 6.45) is 0.200. The molecule has 0 aliphatic rings. The molecule has 0 saturated heterocycles. The number of ether oxygens (including phenoxy) is 1. The van der Waals surface area contributed by atoms with Crippen molar-refractivity contribution in [3.8, 4) is 5.75 Å². The molecule has 3 heteroatoms. The molecule has 0 amide bonds. The summed E-state index contributed by atoms with van der Waals surface area (Å²) >= 11 is 1.67. The summed E-state index contributed by atoms with van der Waals surface area (Å²) in [5, 5.41) is 0. The maximum absolute atomic E-state index is 6.02. The lowest BCUT2D eigenvalue weighted by Crippen LogP contribution is -2.05. The lowest BCUT2D eigenvalue weighted by atomic mass is 10.2. The zero-order chi connectivity index (χ0) is 13.8. The fourth-order valence-corrected chi connectivity index (χ4v) is 2.59. The van der Waals surface area contributed by atoms with Crippen LogP contribution in [0.3, 0.4) is 0 Å². The van der Waals surface area contributed by atoms with Crippen LogP contribution >= 0.6 is 11.8 Å². The SMILES string of the molecule is Cc1ccc(Sc2ccc(OC(C)C)cc2)c(N)c1. The Hall–Kier alpha value is -1.61. The summed E-state index contributed by atoms with van der Waals surface area (Å²) < 4.78 is 5.62. The van der Waals surface area contributed by atoms with E-state index in [1.807, 2.05) is 39.0 Å². The van der Waals surface area contributed by atoms with E-state index < -0.39 is 0 Å². The van der Waals surface area contributed by atoms with Crippen LogP contribution in [0.1, 0.15) is 19.4 Å². The van der Waals surface area contributed by atoms with Crippen LogP contribution in [0.5, 0.6) is 5.75 Å². The van der Waals surface area contributed by atoms with E-state index in [0.717, 1.165) is 21.2 Å². The maximum atomic E-state index is 6.02. The summed E-state index contributed by atoms with van der Waals surface area (Å²) in [6.45, 7) is 6.09. The van der Waals surface area contributed by atoms with Crippen LogP contribution in [-0.2, 0) is 0 Å². The molecule has 0 spiro atoms. The zero-order valence-electron chi connectivity index (χ0n) is 11.5. The number of aryl methyl sites for hydroxylation is 1.